The molecule has 2 amide bonds. The van der Waals surface area contributed by atoms with Gasteiger partial charge in [0, 0.05) is 31.0 Å². The molecule has 4 N–H and O–H groups in total. The Bertz CT molecular complexity index is 1450. The van der Waals surface area contributed by atoms with Gasteiger partial charge >= 0.3 is 18.2 Å². The number of benzene rings is 2. The number of nitrogens with zero attached hydrogens (tertiary/aromatic N) is 3. The molecule has 2 aromatic carbocycles. The van der Waals surface area contributed by atoms with Crippen molar-refractivity contribution in [1.29, 1.82) is 0 Å². The van der Waals surface area contributed by atoms with Crippen molar-refractivity contribution < 1.29 is 27.9 Å². The smallest absolute Gasteiger partial charge is 0.475 e. The highest BCUT2D eigenvalue weighted by Gasteiger charge is 2.38. The molecule has 0 saturated carbocycles. The topological polar surface area (TPSA) is 129 Å². The first-order chi connectivity index (χ1) is 20.1. The van der Waals surface area contributed by atoms with Crippen molar-refractivity contribution in [2.24, 2.45) is 0 Å². The molecule has 0 unspecified atom stereocenters. The Balaban J connectivity index is 0.000000646. The van der Waals surface area contributed by atoms with E-state index in [0.717, 1.165) is 43.9 Å². The summed E-state index contributed by atoms with van der Waals surface area (Å²) in [6, 6.07) is 14.8. The fraction of sp³-hybridized carbons (Fsp3) is 0.379. The van der Waals surface area contributed by atoms with Gasteiger partial charge in [-0.3, -0.25) is 4.79 Å². The molecule has 0 spiro atoms. The first-order valence-corrected chi connectivity index (χ1v) is 13.8. The second-order valence-corrected chi connectivity index (χ2v) is 11.2. The number of hydrogen-bond acceptors (Lipinski definition) is 6. The molecule has 1 fully saturated rings. The number of carbonyl (C=O) groups excluding carboxylic acids is 1. The molecule has 0 bridgehead atoms. The molecule has 4 rings (SSSR count). The van der Waals surface area contributed by atoms with Gasteiger partial charge in [-0.15, -0.1) is 0 Å². The number of carboxylic acids is 1. The number of alkyl halides is 3. The Hall–Kier alpha value is -4.10. The Morgan fingerprint density at radius 1 is 0.977 bits per heavy atom. The number of rotatable bonds is 5. The molecule has 10 nitrogen and oxygen atoms in total. The average Bonchev–Trinajstić information content (AvgIpc) is 3.22. The predicted molar refractivity (Wildman–Crippen MR) is 160 cm³/mol. The van der Waals surface area contributed by atoms with E-state index in [-0.39, 0.29) is 28.6 Å². The van der Waals surface area contributed by atoms with E-state index in [2.05, 4.69) is 46.7 Å². The first-order valence-electron chi connectivity index (χ1n) is 13.4. The van der Waals surface area contributed by atoms with Crippen LogP contribution in [0.25, 0.3) is 0 Å². The number of nitrogens with one attached hydrogen (secondary N) is 3. The van der Waals surface area contributed by atoms with Gasteiger partial charge in [0.15, 0.2) is 0 Å². The number of aromatic nitrogens is 2. The monoisotopic (exact) mass is 622 g/mol. The van der Waals surface area contributed by atoms with Gasteiger partial charge in [0.1, 0.15) is 5.02 Å². The second-order valence-electron chi connectivity index (χ2n) is 10.8. The van der Waals surface area contributed by atoms with Crippen molar-refractivity contribution in [3.8, 4) is 0 Å². The third-order valence-electron chi connectivity index (χ3n) is 6.44. The van der Waals surface area contributed by atoms with Crippen LogP contribution in [-0.4, -0.2) is 59.2 Å². The zero-order valence-electron chi connectivity index (χ0n) is 24.0. The summed E-state index contributed by atoms with van der Waals surface area (Å²) < 4.78 is 33.1. The van der Waals surface area contributed by atoms with E-state index in [4.69, 9.17) is 21.5 Å². The number of carbonyl (C=O) groups is 2. The molecule has 232 valence electrons. The third-order valence-corrected chi connectivity index (χ3v) is 6.80. The molecule has 0 aliphatic carbocycles. The van der Waals surface area contributed by atoms with Crippen LogP contribution in [-0.2, 0) is 16.8 Å². The van der Waals surface area contributed by atoms with Gasteiger partial charge in [0.2, 0.25) is 0 Å². The van der Waals surface area contributed by atoms with Crippen LogP contribution in [0.5, 0.6) is 0 Å². The highest BCUT2D eigenvalue weighted by Crippen LogP contribution is 2.24. The number of halogens is 4. The van der Waals surface area contributed by atoms with E-state index in [1.807, 2.05) is 36.4 Å². The van der Waals surface area contributed by atoms with Gasteiger partial charge in [-0.2, -0.15) is 18.3 Å². The van der Waals surface area contributed by atoms with Crippen molar-refractivity contribution >= 4 is 40.7 Å². The van der Waals surface area contributed by atoms with E-state index in [0.29, 0.717) is 11.4 Å². The number of amides is 2. The number of carboxylic acid groups (broad SMARTS) is 1. The zero-order chi connectivity index (χ0) is 31.8. The minimum Gasteiger partial charge on any atom is -0.475 e. The maximum atomic E-state index is 12.8. The Morgan fingerprint density at radius 3 is 2.07 bits per heavy atom. The minimum absolute atomic E-state index is 0.0566. The SMILES string of the molecule is CC(C)(C)c1ccc(NC(=O)Nc2ccc(Cn3ncc(N4CCCNCC4)c(Cl)c3=O)cc2)cc1.O=C(O)C(F)(F)F. The summed E-state index contributed by atoms with van der Waals surface area (Å²) in [5, 5.41) is 20.7. The summed E-state index contributed by atoms with van der Waals surface area (Å²) in [5.41, 5.74) is 3.86. The average molecular weight is 623 g/mol. The number of hydrogen-bond donors (Lipinski definition) is 4. The standard InChI is InChI=1S/C27H33ClN6O2.C2HF3O2/c1-27(2,3)20-7-11-22(12-8-20)32-26(36)31-21-9-5-19(6-10-21)18-34-25(35)24(28)23(17-30-34)33-15-4-13-29-14-16-33;3-2(4,5)1(6)7/h5-12,17,29H,4,13-16,18H2,1-3H3,(H2,31,32,36);(H,6,7). The zero-order valence-corrected chi connectivity index (χ0v) is 24.7. The summed E-state index contributed by atoms with van der Waals surface area (Å²) in [6.07, 6.45) is -2.43. The molecule has 3 aromatic rings. The van der Waals surface area contributed by atoms with Crippen molar-refractivity contribution in [3.05, 3.63) is 81.2 Å². The molecule has 43 heavy (non-hydrogen) atoms. The van der Waals surface area contributed by atoms with Crippen molar-refractivity contribution in [1.82, 2.24) is 15.1 Å². The Labute approximate surface area is 251 Å². The van der Waals surface area contributed by atoms with Gasteiger partial charge in [-0.1, -0.05) is 56.6 Å². The molecule has 0 radical (unpaired) electrons. The summed E-state index contributed by atoms with van der Waals surface area (Å²) >= 11 is 6.44. The highest BCUT2D eigenvalue weighted by molar-refractivity contribution is 6.33. The quantitative estimate of drug-likeness (QED) is 0.303. The predicted octanol–water partition coefficient (Wildman–Crippen LogP) is 5.32. The maximum Gasteiger partial charge on any atom is 0.490 e. The van der Waals surface area contributed by atoms with Crippen molar-refractivity contribution in [2.45, 2.75) is 45.3 Å². The summed E-state index contributed by atoms with van der Waals surface area (Å²) in [6.45, 7) is 10.2. The van der Waals surface area contributed by atoms with Crippen LogP contribution in [0, 0.1) is 0 Å². The number of urea groups is 1. The fourth-order valence-corrected chi connectivity index (χ4v) is 4.36. The van der Waals surface area contributed by atoms with Crippen molar-refractivity contribution in [3.63, 3.8) is 0 Å². The summed E-state index contributed by atoms with van der Waals surface area (Å²) in [5.74, 6) is -2.76. The summed E-state index contributed by atoms with van der Waals surface area (Å²) in [7, 11) is 0. The lowest BCUT2D eigenvalue weighted by molar-refractivity contribution is -0.192. The fourth-order valence-electron chi connectivity index (χ4n) is 4.09. The third kappa shape index (κ3) is 10.00. The van der Waals surface area contributed by atoms with Crippen LogP contribution in [0.4, 0.5) is 35.0 Å². The van der Waals surface area contributed by atoms with Gasteiger partial charge in [-0.05, 0) is 53.8 Å². The lowest BCUT2D eigenvalue weighted by Crippen LogP contribution is -2.32. The minimum atomic E-state index is -5.08. The lowest BCUT2D eigenvalue weighted by Gasteiger charge is -2.23. The van der Waals surface area contributed by atoms with Crippen LogP contribution in [0.3, 0.4) is 0 Å². The lowest BCUT2D eigenvalue weighted by atomic mass is 9.87. The molecular weight excluding hydrogens is 589 g/mol. The molecule has 1 aliphatic rings. The van der Waals surface area contributed by atoms with Gasteiger partial charge in [0.05, 0.1) is 18.4 Å². The van der Waals surface area contributed by atoms with Gasteiger partial charge < -0.3 is 26.0 Å². The molecular formula is C29H34ClF3N6O4. The largest absolute Gasteiger partial charge is 0.490 e. The maximum absolute atomic E-state index is 12.8. The van der Waals surface area contributed by atoms with Crippen LogP contribution >= 0.6 is 11.6 Å². The van der Waals surface area contributed by atoms with Crippen LogP contribution in [0.15, 0.2) is 59.5 Å². The van der Waals surface area contributed by atoms with E-state index >= 15 is 0 Å². The molecule has 1 aromatic heterocycles. The van der Waals surface area contributed by atoms with Crippen LogP contribution in [0.2, 0.25) is 5.02 Å². The molecule has 1 saturated heterocycles. The molecule has 0 atom stereocenters. The van der Waals surface area contributed by atoms with E-state index in [1.165, 1.54) is 10.2 Å². The Kier molecular flexibility index (Phi) is 11.2. The second kappa shape index (κ2) is 14.4. The van der Waals surface area contributed by atoms with E-state index in [1.54, 1.807) is 18.3 Å². The molecule has 2 heterocycles. The molecule has 14 heteroatoms. The highest BCUT2D eigenvalue weighted by atomic mass is 35.5. The van der Waals surface area contributed by atoms with Crippen molar-refractivity contribution in [2.75, 3.05) is 41.7 Å². The molecule has 1 aliphatic heterocycles. The Morgan fingerprint density at radius 2 is 1.53 bits per heavy atom. The number of anilines is 3. The summed E-state index contributed by atoms with van der Waals surface area (Å²) in [4.78, 5) is 36.2. The van der Waals surface area contributed by atoms with Crippen LogP contribution in [0.1, 0.15) is 38.3 Å². The van der Waals surface area contributed by atoms with E-state index < -0.39 is 12.1 Å². The first kappa shape index (κ1) is 33.4. The normalized spacial score (nSPS) is 13.8. The van der Waals surface area contributed by atoms with E-state index in [9.17, 15) is 22.8 Å². The van der Waals surface area contributed by atoms with Crippen LogP contribution < -0.4 is 26.4 Å². The number of aliphatic carboxylic acids is 1. The van der Waals surface area contributed by atoms with Gasteiger partial charge in [0.25, 0.3) is 5.56 Å². The van der Waals surface area contributed by atoms with Gasteiger partial charge in [-0.25, -0.2) is 14.3 Å².